The van der Waals surface area contributed by atoms with Crippen molar-refractivity contribution in [2.24, 2.45) is 23.0 Å². The van der Waals surface area contributed by atoms with Crippen LogP contribution in [0.25, 0.3) is 0 Å². The molecule has 1 saturated carbocycles. The fraction of sp³-hybridized carbons (Fsp3) is 0.800. The van der Waals surface area contributed by atoms with Gasteiger partial charge in [-0.2, -0.15) is 0 Å². The molecule has 1 heterocycles. The third-order valence-electron chi connectivity index (χ3n) is 5.15. The van der Waals surface area contributed by atoms with Gasteiger partial charge in [0, 0.05) is 24.4 Å². The van der Waals surface area contributed by atoms with E-state index in [2.05, 4.69) is 36.5 Å². The average molecular weight is 281 g/mol. The van der Waals surface area contributed by atoms with E-state index in [4.69, 9.17) is 5.73 Å². The summed E-state index contributed by atoms with van der Waals surface area (Å²) in [6.45, 7) is 9.20. The topological polar surface area (TPSA) is 50.9 Å². The summed E-state index contributed by atoms with van der Waals surface area (Å²) >= 11 is 1.67. The van der Waals surface area contributed by atoms with E-state index < -0.39 is 0 Å². The number of hydrogen-bond acceptors (Lipinski definition) is 4. The lowest BCUT2D eigenvalue weighted by molar-refractivity contribution is 0.0542. The first-order valence-corrected chi connectivity index (χ1v) is 8.29. The van der Waals surface area contributed by atoms with Crippen LogP contribution in [0.3, 0.4) is 0 Å². The number of aromatic nitrogens is 1. The van der Waals surface area contributed by atoms with Crippen LogP contribution in [0, 0.1) is 17.3 Å². The van der Waals surface area contributed by atoms with Gasteiger partial charge in [-0.05, 0) is 36.6 Å². The zero-order valence-electron chi connectivity index (χ0n) is 12.4. The lowest BCUT2D eigenvalue weighted by atomic mass is 9.61. The third-order valence-corrected chi connectivity index (χ3v) is 5.78. The summed E-state index contributed by atoms with van der Waals surface area (Å²) in [4.78, 5) is 4.31. The Kier molecular flexibility index (Phi) is 4.98. The van der Waals surface area contributed by atoms with E-state index in [1.165, 1.54) is 18.5 Å². The van der Waals surface area contributed by atoms with Crippen LogP contribution in [0.4, 0.5) is 0 Å². The first-order valence-electron chi connectivity index (χ1n) is 7.35. The molecule has 0 aromatic carbocycles. The van der Waals surface area contributed by atoms with Gasteiger partial charge in [-0.1, -0.05) is 20.8 Å². The molecule has 1 aromatic heterocycles. The summed E-state index contributed by atoms with van der Waals surface area (Å²) in [7, 11) is 0. The number of thiazole rings is 1. The van der Waals surface area contributed by atoms with Crippen LogP contribution in [0.5, 0.6) is 0 Å². The summed E-state index contributed by atoms with van der Waals surface area (Å²) in [6, 6.07) is 0.376. The molecule has 1 aromatic rings. The normalized spacial score (nSPS) is 30.4. The fourth-order valence-corrected chi connectivity index (χ4v) is 3.75. The van der Waals surface area contributed by atoms with Gasteiger partial charge in [0.25, 0.3) is 0 Å². The average Bonchev–Trinajstić information content (AvgIpc) is 2.87. The van der Waals surface area contributed by atoms with E-state index in [9.17, 15) is 0 Å². The molecular weight excluding hydrogens is 254 g/mol. The Hall–Kier alpha value is -0.450. The van der Waals surface area contributed by atoms with Gasteiger partial charge in [0.15, 0.2) is 0 Å². The summed E-state index contributed by atoms with van der Waals surface area (Å²) in [5, 5.41) is 5.74. The highest BCUT2D eigenvalue weighted by atomic mass is 32.1. The third kappa shape index (κ3) is 3.56. The highest BCUT2D eigenvalue weighted by Crippen LogP contribution is 2.43. The largest absolute Gasteiger partial charge is 0.327 e. The van der Waals surface area contributed by atoms with Gasteiger partial charge < -0.3 is 11.1 Å². The molecule has 19 heavy (non-hydrogen) atoms. The molecule has 0 amide bonds. The van der Waals surface area contributed by atoms with E-state index in [1.54, 1.807) is 11.3 Å². The van der Waals surface area contributed by atoms with E-state index in [0.717, 1.165) is 25.4 Å². The maximum atomic E-state index is 6.21. The number of nitrogens with one attached hydrogen (secondary N) is 1. The summed E-state index contributed by atoms with van der Waals surface area (Å²) < 4.78 is 0. The second kappa shape index (κ2) is 6.33. The molecule has 1 fully saturated rings. The molecule has 0 radical (unpaired) electrons. The van der Waals surface area contributed by atoms with E-state index >= 15 is 0 Å². The minimum atomic E-state index is 0.339. The van der Waals surface area contributed by atoms with Crippen molar-refractivity contribution < 1.29 is 0 Å². The van der Waals surface area contributed by atoms with Gasteiger partial charge in [0.1, 0.15) is 0 Å². The van der Waals surface area contributed by atoms with Gasteiger partial charge in [-0.25, -0.2) is 4.98 Å². The van der Waals surface area contributed by atoms with Crippen molar-refractivity contribution >= 4 is 11.3 Å². The fourth-order valence-electron chi connectivity index (χ4n) is 3.16. The summed E-state index contributed by atoms with van der Waals surface area (Å²) in [6.07, 6.45) is 3.46. The highest BCUT2D eigenvalue weighted by molar-refractivity contribution is 7.07. The Labute approximate surface area is 121 Å². The Morgan fingerprint density at radius 3 is 2.95 bits per heavy atom. The molecule has 1 aliphatic rings. The molecule has 3 nitrogen and oxygen atoms in total. The SMILES string of the molecule is CC1C(N)CCC(CNCCc2cscn2)C1(C)C. The number of rotatable bonds is 5. The van der Waals surface area contributed by atoms with Crippen molar-refractivity contribution in [3.05, 3.63) is 16.6 Å². The summed E-state index contributed by atoms with van der Waals surface area (Å²) in [5.41, 5.74) is 9.66. The van der Waals surface area contributed by atoms with Crippen LogP contribution in [-0.4, -0.2) is 24.1 Å². The van der Waals surface area contributed by atoms with E-state index in [1.807, 2.05) is 5.51 Å². The van der Waals surface area contributed by atoms with Crippen molar-refractivity contribution in [2.45, 2.75) is 46.1 Å². The molecule has 0 spiro atoms. The molecule has 0 aliphatic heterocycles. The number of nitrogens with two attached hydrogens (primary N) is 1. The van der Waals surface area contributed by atoms with Gasteiger partial charge >= 0.3 is 0 Å². The molecule has 4 heteroatoms. The number of nitrogens with zero attached hydrogens (tertiary/aromatic N) is 1. The Bertz CT molecular complexity index is 375. The van der Waals surface area contributed by atoms with Crippen LogP contribution in [0.2, 0.25) is 0 Å². The van der Waals surface area contributed by atoms with E-state index in [0.29, 0.717) is 17.4 Å². The number of hydrogen-bond donors (Lipinski definition) is 2. The van der Waals surface area contributed by atoms with Gasteiger partial charge in [0.05, 0.1) is 11.2 Å². The molecule has 108 valence electrons. The highest BCUT2D eigenvalue weighted by Gasteiger charge is 2.40. The van der Waals surface area contributed by atoms with Crippen LogP contribution in [-0.2, 0) is 6.42 Å². The quantitative estimate of drug-likeness (QED) is 0.816. The second-order valence-electron chi connectivity index (χ2n) is 6.48. The van der Waals surface area contributed by atoms with Crippen LogP contribution in [0.15, 0.2) is 10.9 Å². The molecule has 0 saturated heterocycles. The van der Waals surface area contributed by atoms with Crippen molar-refractivity contribution in [1.29, 1.82) is 0 Å². The molecule has 3 N–H and O–H groups in total. The van der Waals surface area contributed by atoms with Gasteiger partial charge in [-0.3, -0.25) is 0 Å². The molecule has 0 bridgehead atoms. The minimum Gasteiger partial charge on any atom is -0.327 e. The van der Waals surface area contributed by atoms with Gasteiger partial charge in [0.2, 0.25) is 0 Å². The molecule has 1 aliphatic carbocycles. The molecular formula is C15H27N3S. The molecule has 3 atom stereocenters. The van der Waals surface area contributed by atoms with E-state index in [-0.39, 0.29) is 0 Å². The molecule has 2 rings (SSSR count). The van der Waals surface area contributed by atoms with Crippen molar-refractivity contribution in [3.8, 4) is 0 Å². The first-order chi connectivity index (χ1) is 9.01. The zero-order chi connectivity index (χ0) is 13.9. The lowest BCUT2D eigenvalue weighted by Gasteiger charge is -2.47. The maximum absolute atomic E-state index is 6.21. The second-order valence-corrected chi connectivity index (χ2v) is 7.20. The smallest absolute Gasteiger partial charge is 0.0794 e. The predicted octanol–water partition coefficient (Wildman–Crippen LogP) is 2.67. The predicted molar refractivity (Wildman–Crippen MR) is 82.3 cm³/mol. The lowest BCUT2D eigenvalue weighted by Crippen LogP contribution is -2.49. The van der Waals surface area contributed by atoms with Crippen molar-refractivity contribution in [2.75, 3.05) is 13.1 Å². The Morgan fingerprint density at radius 1 is 1.47 bits per heavy atom. The zero-order valence-corrected chi connectivity index (χ0v) is 13.2. The molecule has 3 unspecified atom stereocenters. The van der Waals surface area contributed by atoms with Crippen molar-refractivity contribution in [3.63, 3.8) is 0 Å². The van der Waals surface area contributed by atoms with Crippen molar-refractivity contribution in [1.82, 2.24) is 10.3 Å². The van der Waals surface area contributed by atoms with Crippen LogP contribution >= 0.6 is 11.3 Å². The summed E-state index contributed by atoms with van der Waals surface area (Å²) in [5.74, 6) is 1.34. The Morgan fingerprint density at radius 2 is 2.26 bits per heavy atom. The monoisotopic (exact) mass is 281 g/mol. The first kappa shape index (κ1) is 14.9. The van der Waals surface area contributed by atoms with Crippen LogP contribution < -0.4 is 11.1 Å². The maximum Gasteiger partial charge on any atom is 0.0794 e. The van der Waals surface area contributed by atoms with Gasteiger partial charge in [-0.15, -0.1) is 11.3 Å². The standard InChI is InChI=1S/C15H27N3S/c1-11-14(16)5-4-12(15(11,2)3)8-17-7-6-13-9-19-10-18-13/h9-12,14,17H,4-8,16H2,1-3H3. The van der Waals surface area contributed by atoms with Crippen LogP contribution in [0.1, 0.15) is 39.3 Å². The minimum absolute atomic E-state index is 0.339. The Balaban J connectivity index is 1.76.